The van der Waals surface area contributed by atoms with Gasteiger partial charge in [-0.15, -0.1) is 0 Å². The number of benzene rings is 2. The van der Waals surface area contributed by atoms with Gasteiger partial charge < -0.3 is 24.8 Å². The normalized spacial score (nSPS) is 15.0. The van der Waals surface area contributed by atoms with Crippen molar-refractivity contribution in [2.24, 2.45) is 13.0 Å². The lowest BCUT2D eigenvalue weighted by atomic mass is 9.87. The summed E-state index contributed by atoms with van der Waals surface area (Å²) in [6.45, 7) is 8.49. The third kappa shape index (κ3) is 5.81. The molecule has 4 aromatic rings. The maximum absolute atomic E-state index is 12.7. The number of carbonyl (C=O) groups is 1. The Morgan fingerprint density at radius 2 is 1.76 bits per heavy atom. The lowest BCUT2D eigenvalue weighted by Crippen LogP contribution is -2.36. The van der Waals surface area contributed by atoms with Crippen LogP contribution in [0.4, 0.5) is 17.5 Å². The number of fused-ring (bicyclic) bond motifs is 1. The number of rotatable bonds is 6. The summed E-state index contributed by atoms with van der Waals surface area (Å²) in [6.07, 6.45) is 3.37. The number of imidazole rings is 1. The van der Waals surface area contributed by atoms with Crippen molar-refractivity contribution in [2.45, 2.75) is 39.0 Å². The number of hydrogen-bond donors (Lipinski definition) is 2. The van der Waals surface area contributed by atoms with Crippen molar-refractivity contribution >= 4 is 34.4 Å². The van der Waals surface area contributed by atoms with E-state index < -0.39 is 0 Å². The first-order chi connectivity index (χ1) is 18.2. The van der Waals surface area contributed by atoms with E-state index in [-0.39, 0.29) is 17.2 Å². The number of carbonyl (C=O) groups excluding carboxylic acids is 1. The van der Waals surface area contributed by atoms with Gasteiger partial charge in [-0.3, -0.25) is 4.79 Å². The number of hydrogen-bond acceptors (Lipinski definition) is 6. The lowest BCUT2D eigenvalue weighted by Gasteiger charge is -2.27. The van der Waals surface area contributed by atoms with E-state index in [9.17, 15) is 4.79 Å². The van der Waals surface area contributed by atoms with E-state index in [1.807, 2.05) is 29.8 Å². The first kappa shape index (κ1) is 25.7. The fraction of sp³-hybridized carbons (Fsp3) is 0.367. The molecule has 1 amide bonds. The first-order valence-electron chi connectivity index (χ1n) is 13.1. The molecule has 0 unspecified atom stereocenters. The molecule has 8 nitrogen and oxygen atoms in total. The number of nitrogens with one attached hydrogen (secondary N) is 2. The van der Waals surface area contributed by atoms with E-state index in [1.54, 1.807) is 18.3 Å². The molecule has 0 bridgehead atoms. The molecule has 0 atom stereocenters. The van der Waals surface area contributed by atoms with Gasteiger partial charge in [0.05, 0.1) is 11.0 Å². The number of piperidine rings is 1. The number of amides is 1. The molecule has 1 aliphatic rings. The van der Waals surface area contributed by atoms with Crippen molar-refractivity contribution in [2.75, 3.05) is 30.8 Å². The second-order valence-corrected chi connectivity index (χ2v) is 11.1. The Bertz CT molecular complexity index is 1450. The molecule has 5 rings (SSSR count). The highest BCUT2D eigenvalue weighted by molar-refractivity contribution is 5.92. The van der Waals surface area contributed by atoms with Gasteiger partial charge >= 0.3 is 0 Å². The molecule has 1 saturated heterocycles. The maximum atomic E-state index is 12.7. The van der Waals surface area contributed by atoms with Crippen LogP contribution in [0, 0.1) is 5.92 Å². The van der Waals surface area contributed by atoms with E-state index in [0.29, 0.717) is 17.3 Å². The van der Waals surface area contributed by atoms with Crippen molar-refractivity contribution in [1.82, 2.24) is 19.4 Å². The molecule has 0 spiro atoms. The number of ether oxygens (including phenoxy) is 1. The number of anilines is 3. The number of pyridine rings is 1. The monoisotopic (exact) mass is 512 g/mol. The van der Waals surface area contributed by atoms with Gasteiger partial charge in [-0.25, -0.2) is 9.97 Å². The molecule has 0 aliphatic carbocycles. The van der Waals surface area contributed by atoms with Gasteiger partial charge in [0.15, 0.2) is 0 Å². The molecule has 2 aromatic carbocycles. The van der Waals surface area contributed by atoms with Crippen LogP contribution in [0.5, 0.6) is 11.5 Å². The summed E-state index contributed by atoms with van der Waals surface area (Å²) in [7, 11) is 4.08. The standard InChI is InChI=1S/C30H36N6O2/c1-30(2,3)21-7-6-8-22(17-21)32-29-33-25-18-23(9-10-26(25)36(29)5)38-24-11-14-31-27(19-24)34-28(37)20-12-15-35(4)16-13-20/h6-11,14,17-20H,12-13,15-16H2,1-5H3,(H,32,33)(H,31,34,37). The molecular weight excluding hydrogens is 476 g/mol. The highest BCUT2D eigenvalue weighted by Crippen LogP contribution is 2.30. The van der Waals surface area contributed by atoms with Crippen LogP contribution in [0.2, 0.25) is 0 Å². The predicted octanol–water partition coefficient (Wildman–Crippen LogP) is 6.08. The summed E-state index contributed by atoms with van der Waals surface area (Å²) in [5.74, 6) is 2.55. The Labute approximate surface area is 224 Å². The van der Waals surface area contributed by atoms with E-state index in [0.717, 1.165) is 48.6 Å². The Balaban J connectivity index is 1.29. The summed E-state index contributed by atoms with van der Waals surface area (Å²) in [4.78, 5) is 24.1. The molecular formula is C30H36N6O2. The van der Waals surface area contributed by atoms with Crippen LogP contribution in [0.25, 0.3) is 11.0 Å². The summed E-state index contributed by atoms with van der Waals surface area (Å²) < 4.78 is 8.15. The SMILES string of the molecule is CN1CCC(C(=O)Nc2cc(Oc3ccc4c(c3)nc(Nc3cccc(C(C)(C)C)c3)n4C)ccn2)CC1. The molecule has 1 aliphatic heterocycles. The van der Waals surface area contributed by atoms with Gasteiger partial charge in [-0.1, -0.05) is 32.9 Å². The lowest BCUT2D eigenvalue weighted by molar-refractivity contribution is -0.121. The van der Waals surface area contributed by atoms with Crippen LogP contribution in [-0.4, -0.2) is 45.5 Å². The predicted molar refractivity (Wildman–Crippen MR) is 152 cm³/mol. The molecule has 0 radical (unpaired) electrons. The number of aromatic nitrogens is 3. The topological polar surface area (TPSA) is 84.3 Å². The van der Waals surface area contributed by atoms with Gasteiger partial charge in [0, 0.05) is 37.0 Å². The Morgan fingerprint density at radius 1 is 1.00 bits per heavy atom. The molecule has 198 valence electrons. The maximum Gasteiger partial charge on any atom is 0.228 e. The fourth-order valence-corrected chi connectivity index (χ4v) is 4.73. The fourth-order valence-electron chi connectivity index (χ4n) is 4.73. The van der Waals surface area contributed by atoms with Crippen LogP contribution >= 0.6 is 0 Å². The summed E-state index contributed by atoms with van der Waals surface area (Å²) >= 11 is 0. The Kier molecular flexibility index (Phi) is 7.08. The van der Waals surface area contributed by atoms with Crippen molar-refractivity contribution < 1.29 is 9.53 Å². The van der Waals surface area contributed by atoms with Crippen LogP contribution in [-0.2, 0) is 17.3 Å². The first-order valence-corrected chi connectivity index (χ1v) is 13.1. The zero-order valence-electron chi connectivity index (χ0n) is 22.8. The van der Waals surface area contributed by atoms with Crippen LogP contribution in [0.15, 0.2) is 60.8 Å². The van der Waals surface area contributed by atoms with Crippen molar-refractivity contribution in [3.8, 4) is 11.5 Å². The molecule has 3 heterocycles. The molecule has 2 aromatic heterocycles. The third-order valence-electron chi connectivity index (χ3n) is 7.14. The second-order valence-electron chi connectivity index (χ2n) is 11.1. The van der Waals surface area contributed by atoms with Crippen LogP contribution in [0.3, 0.4) is 0 Å². The Morgan fingerprint density at radius 3 is 2.53 bits per heavy atom. The van der Waals surface area contributed by atoms with Gasteiger partial charge in [0.1, 0.15) is 17.3 Å². The minimum Gasteiger partial charge on any atom is -0.457 e. The van der Waals surface area contributed by atoms with E-state index in [1.165, 1.54) is 5.56 Å². The molecule has 2 N–H and O–H groups in total. The molecule has 8 heteroatoms. The highest BCUT2D eigenvalue weighted by atomic mass is 16.5. The Hall–Kier alpha value is -3.91. The average Bonchev–Trinajstić information content (AvgIpc) is 3.18. The minimum atomic E-state index is 0.0166. The zero-order valence-corrected chi connectivity index (χ0v) is 22.8. The van der Waals surface area contributed by atoms with Gasteiger partial charge in [-0.05, 0) is 74.3 Å². The summed E-state index contributed by atoms with van der Waals surface area (Å²) in [5, 5.41) is 6.42. The van der Waals surface area contributed by atoms with Crippen molar-refractivity contribution in [1.29, 1.82) is 0 Å². The quantitative estimate of drug-likeness (QED) is 0.326. The summed E-state index contributed by atoms with van der Waals surface area (Å²) in [5.41, 5.74) is 4.14. The van der Waals surface area contributed by atoms with E-state index in [2.05, 4.69) is 72.6 Å². The van der Waals surface area contributed by atoms with Crippen molar-refractivity contribution in [3.05, 3.63) is 66.4 Å². The van der Waals surface area contributed by atoms with Crippen LogP contribution in [0.1, 0.15) is 39.2 Å². The zero-order chi connectivity index (χ0) is 26.9. The average molecular weight is 513 g/mol. The number of nitrogens with zero attached hydrogens (tertiary/aromatic N) is 4. The van der Waals surface area contributed by atoms with E-state index in [4.69, 9.17) is 9.72 Å². The largest absolute Gasteiger partial charge is 0.457 e. The molecule has 38 heavy (non-hydrogen) atoms. The smallest absolute Gasteiger partial charge is 0.228 e. The van der Waals surface area contributed by atoms with Gasteiger partial charge in [-0.2, -0.15) is 0 Å². The number of aryl methyl sites for hydroxylation is 1. The van der Waals surface area contributed by atoms with E-state index >= 15 is 0 Å². The van der Waals surface area contributed by atoms with Crippen LogP contribution < -0.4 is 15.4 Å². The second kappa shape index (κ2) is 10.5. The van der Waals surface area contributed by atoms with Gasteiger partial charge in [0.2, 0.25) is 11.9 Å². The molecule has 0 saturated carbocycles. The van der Waals surface area contributed by atoms with Crippen molar-refractivity contribution in [3.63, 3.8) is 0 Å². The minimum absolute atomic E-state index is 0.0166. The van der Waals surface area contributed by atoms with Gasteiger partial charge in [0.25, 0.3) is 0 Å². The third-order valence-corrected chi connectivity index (χ3v) is 7.14. The number of likely N-dealkylation sites (tertiary alicyclic amines) is 1. The highest BCUT2D eigenvalue weighted by Gasteiger charge is 2.23. The molecule has 1 fully saturated rings. The summed E-state index contributed by atoms with van der Waals surface area (Å²) in [6, 6.07) is 17.8.